The molecule has 1 nitrogen and oxygen atoms in total. The molecule has 0 aromatic heterocycles. The predicted octanol–water partition coefficient (Wildman–Crippen LogP) is 1.24. The monoisotopic (exact) mass is 129 g/mol. The third-order valence-electron chi connectivity index (χ3n) is 2.56. The average Bonchev–Trinajstić information content (AvgIpc) is 2.12. The van der Waals surface area contributed by atoms with E-state index in [4.69, 9.17) is 0 Å². The van der Waals surface area contributed by atoms with Crippen LogP contribution in [0.4, 0.5) is 4.39 Å². The van der Waals surface area contributed by atoms with Gasteiger partial charge in [-0.15, -0.1) is 0 Å². The molecule has 0 aromatic carbocycles. The van der Waals surface area contributed by atoms with Crippen LogP contribution in [0.3, 0.4) is 0 Å². The van der Waals surface area contributed by atoms with Crippen molar-refractivity contribution in [3.63, 3.8) is 0 Å². The number of rotatable bonds is 0. The largest absolute Gasteiger partial charge is 0.311 e. The maximum Gasteiger partial charge on any atom is 0.104 e. The number of halogens is 1. The topological polar surface area (TPSA) is 12.0 Å². The van der Waals surface area contributed by atoms with Gasteiger partial charge in [0.15, 0.2) is 0 Å². The van der Waals surface area contributed by atoms with Gasteiger partial charge < -0.3 is 5.32 Å². The van der Waals surface area contributed by atoms with Gasteiger partial charge in [0.1, 0.15) is 6.17 Å². The minimum atomic E-state index is -0.504. The molecule has 52 valence electrons. The molecule has 1 N–H and O–H groups in total. The van der Waals surface area contributed by atoms with Crippen LogP contribution >= 0.6 is 0 Å². The first-order chi connectivity index (χ1) is 4.31. The molecule has 0 radical (unpaired) electrons. The van der Waals surface area contributed by atoms with Gasteiger partial charge >= 0.3 is 0 Å². The fourth-order valence-electron chi connectivity index (χ4n) is 2.01. The Morgan fingerprint density at radius 3 is 2.67 bits per heavy atom. The molecule has 2 aliphatic rings. The summed E-state index contributed by atoms with van der Waals surface area (Å²) in [6.07, 6.45) is 3.48. The lowest BCUT2D eigenvalue weighted by Crippen LogP contribution is -2.52. The van der Waals surface area contributed by atoms with Crippen LogP contribution in [-0.4, -0.2) is 18.3 Å². The van der Waals surface area contributed by atoms with Gasteiger partial charge in [-0.1, -0.05) is 0 Å². The van der Waals surface area contributed by atoms with Crippen molar-refractivity contribution in [2.75, 3.05) is 6.54 Å². The molecule has 2 heteroatoms. The van der Waals surface area contributed by atoms with Crippen LogP contribution in [0.2, 0.25) is 0 Å². The van der Waals surface area contributed by atoms with E-state index in [1.165, 1.54) is 12.8 Å². The van der Waals surface area contributed by atoms with Crippen LogP contribution in [0.5, 0.6) is 0 Å². The Kier molecular flexibility index (Phi) is 1.06. The minimum absolute atomic E-state index is 0.263. The molecule has 1 aliphatic heterocycles. The summed E-state index contributed by atoms with van der Waals surface area (Å²) in [5.74, 6) is 0. The van der Waals surface area contributed by atoms with Crippen LogP contribution in [0, 0.1) is 0 Å². The number of nitrogens with one attached hydrogen (secondary N) is 1. The lowest BCUT2D eigenvalue weighted by Gasteiger charge is -2.41. The second kappa shape index (κ2) is 1.69. The summed E-state index contributed by atoms with van der Waals surface area (Å²) in [5.41, 5.74) is 0.263. The quantitative estimate of drug-likeness (QED) is 0.519. The Labute approximate surface area is 54.6 Å². The van der Waals surface area contributed by atoms with Crippen molar-refractivity contribution in [2.24, 2.45) is 0 Å². The number of hydrogen-bond donors (Lipinski definition) is 1. The van der Waals surface area contributed by atoms with Crippen molar-refractivity contribution >= 4 is 0 Å². The van der Waals surface area contributed by atoms with Crippen LogP contribution in [0.25, 0.3) is 0 Å². The van der Waals surface area contributed by atoms with Crippen molar-refractivity contribution < 1.29 is 4.39 Å². The number of alkyl halides is 1. The fraction of sp³-hybridized carbons (Fsp3) is 1.00. The highest BCUT2D eigenvalue weighted by molar-refractivity contribution is 5.04. The molecular formula is C7H12FN. The van der Waals surface area contributed by atoms with Crippen molar-refractivity contribution in [2.45, 2.75) is 37.4 Å². The Morgan fingerprint density at radius 1 is 1.44 bits per heavy atom. The third-order valence-corrected chi connectivity index (χ3v) is 2.56. The van der Waals surface area contributed by atoms with E-state index in [9.17, 15) is 4.39 Å². The molecule has 1 heterocycles. The van der Waals surface area contributed by atoms with E-state index in [1.807, 2.05) is 0 Å². The molecular weight excluding hydrogens is 117 g/mol. The van der Waals surface area contributed by atoms with Crippen molar-refractivity contribution in [3.8, 4) is 0 Å². The normalized spacial score (nSPS) is 49.7. The summed E-state index contributed by atoms with van der Waals surface area (Å²) in [7, 11) is 0. The molecule has 1 spiro atoms. The molecule has 9 heavy (non-hydrogen) atoms. The molecule has 0 amide bonds. The summed E-state index contributed by atoms with van der Waals surface area (Å²) in [5, 5.41) is 3.36. The Balaban J connectivity index is 1.95. The standard InChI is InChI=1S/C7H12FN/c8-6-4-7(5-6)2-1-3-9-7/h6,9H,1-5H2. The van der Waals surface area contributed by atoms with E-state index in [-0.39, 0.29) is 5.54 Å². The zero-order valence-electron chi connectivity index (χ0n) is 5.49. The first-order valence-electron chi connectivity index (χ1n) is 3.70. The average molecular weight is 129 g/mol. The van der Waals surface area contributed by atoms with Gasteiger partial charge in [0.05, 0.1) is 0 Å². The lowest BCUT2D eigenvalue weighted by molar-refractivity contribution is 0.0832. The van der Waals surface area contributed by atoms with Gasteiger partial charge in [-0.3, -0.25) is 0 Å². The first-order valence-corrected chi connectivity index (χ1v) is 3.70. The van der Waals surface area contributed by atoms with Crippen molar-refractivity contribution in [1.82, 2.24) is 5.32 Å². The van der Waals surface area contributed by atoms with E-state index in [1.54, 1.807) is 0 Å². The number of hydrogen-bond acceptors (Lipinski definition) is 1. The molecule has 2 rings (SSSR count). The summed E-state index contributed by atoms with van der Waals surface area (Å²) in [4.78, 5) is 0. The summed E-state index contributed by atoms with van der Waals surface area (Å²) < 4.78 is 12.4. The maximum atomic E-state index is 12.4. The Morgan fingerprint density at radius 2 is 2.22 bits per heavy atom. The van der Waals surface area contributed by atoms with Gasteiger partial charge in [0.25, 0.3) is 0 Å². The van der Waals surface area contributed by atoms with Gasteiger partial charge in [-0.05, 0) is 32.2 Å². The van der Waals surface area contributed by atoms with Gasteiger partial charge in [0.2, 0.25) is 0 Å². The lowest BCUT2D eigenvalue weighted by atomic mass is 9.74. The summed E-state index contributed by atoms with van der Waals surface area (Å²) >= 11 is 0. The van der Waals surface area contributed by atoms with Crippen LogP contribution in [-0.2, 0) is 0 Å². The second-order valence-electron chi connectivity index (χ2n) is 3.32. The smallest absolute Gasteiger partial charge is 0.104 e. The van der Waals surface area contributed by atoms with E-state index in [0.717, 1.165) is 19.4 Å². The minimum Gasteiger partial charge on any atom is -0.311 e. The van der Waals surface area contributed by atoms with Crippen molar-refractivity contribution in [1.29, 1.82) is 0 Å². The Bertz CT molecular complexity index is 110. The highest BCUT2D eigenvalue weighted by Crippen LogP contribution is 2.40. The summed E-state index contributed by atoms with van der Waals surface area (Å²) in [6, 6.07) is 0. The summed E-state index contributed by atoms with van der Waals surface area (Å²) in [6.45, 7) is 1.10. The first kappa shape index (κ1) is 5.66. The second-order valence-corrected chi connectivity index (χ2v) is 3.32. The van der Waals surface area contributed by atoms with Crippen LogP contribution in [0.15, 0.2) is 0 Å². The molecule has 0 atom stereocenters. The van der Waals surface area contributed by atoms with Crippen LogP contribution in [0.1, 0.15) is 25.7 Å². The molecule has 1 aliphatic carbocycles. The zero-order chi connectivity index (χ0) is 6.32. The molecule has 1 saturated carbocycles. The van der Waals surface area contributed by atoms with Crippen molar-refractivity contribution in [3.05, 3.63) is 0 Å². The maximum absolute atomic E-state index is 12.4. The SMILES string of the molecule is FC1CC2(CCCN2)C1. The molecule has 2 fully saturated rings. The van der Waals surface area contributed by atoms with Gasteiger partial charge in [-0.2, -0.15) is 0 Å². The van der Waals surface area contributed by atoms with Gasteiger partial charge in [-0.25, -0.2) is 4.39 Å². The molecule has 0 unspecified atom stereocenters. The van der Waals surface area contributed by atoms with E-state index in [2.05, 4.69) is 5.32 Å². The van der Waals surface area contributed by atoms with E-state index in [0.29, 0.717) is 0 Å². The molecule has 1 saturated heterocycles. The Hall–Kier alpha value is -0.110. The molecule has 0 bridgehead atoms. The molecule has 0 aromatic rings. The van der Waals surface area contributed by atoms with E-state index >= 15 is 0 Å². The van der Waals surface area contributed by atoms with Gasteiger partial charge in [0, 0.05) is 5.54 Å². The highest BCUT2D eigenvalue weighted by atomic mass is 19.1. The highest BCUT2D eigenvalue weighted by Gasteiger charge is 2.45. The van der Waals surface area contributed by atoms with E-state index < -0.39 is 6.17 Å². The van der Waals surface area contributed by atoms with Crippen LogP contribution < -0.4 is 5.32 Å². The zero-order valence-corrected chi connectivity index (χ0v) is 5.49. The predicted molar refractivity (Wildman–Crippen MR) is 34.1 cm³/mol. The fourth-order valence-corrected chi connectivity index (χ4v) is 2.01. The third kappa shape index (κ3) is 0.767.